The molecule has 100 valence electrons. The monoisotopic (exact) mass is 265 g/mol. The predicted molar refractivity (Wildman–Crippen MR) is 78.1 cm³/mol. The standard InChI is InChI=1S/C16H15N3O/c1-12-6-8-14(9-7-12)19-16(17-11-18-19)13-4-3-5-15(10-13)20-2/h3-11H,1-2H3. The van der Waals surface area contributed by atoms with Gasteiger partial charge in [-0.25, -0.2) is 9.67 Å². The summed E-state index contributed by atoms with van der Waals surface area (Å²) in [6.45, 7) is 2.06. The topological polar surface area (TPSA) is 39.9 Å². The van der Waals surface area contributed by atoms with E-state index in [-0.39, 0.29) is 0 Å². The van der Waals surface area contributed by atoms with E-state index in [4.69, 9.17) is 4.74 Å². The fourth-order valence-electron chi connectivity index (χ4n) is 2.08. The van der Waals surface area contributed by atoms with Gasteiger partial charge in [0.2, 0.25) is 0 Å². The second-order valence-corrected chi connectivity index (χ2v) is 4.56. The minimum atomic E-state index is 0.799. The van der Waals surface area contributed by atoms with Crippen LogP contribution < -0.4 is 4.74 Å². The van der Waals surface area contributed by atoms with E-state index < -0.39 is 0 Å². The average molecular weight is 265 g/mol. The molecule has 4 nitrogen and oxygen atoms in total. The van der Waals surface area contributed by atoms with Gasteiger partial charge in [0.05, 0.1) is 12.8 Å². The lowest BCUT2D eigenvalue weighted by molar-refractivity contribution is 0.415. The van der Waals surface area contributed by atoms with Gasteiger partial charge in [0.1, 0.15) is 12.1 Å². The highest BCUT2D eigenvalue weighted by Crippen LogP contribution is 2.23. The van der Waals surface area contributed by atoms with Crippen molar-refractivity contribution in [1.82, 2.24) is 14.8 Å². The Morgan fingerprint density at radius 2 is 1.85 bits per heavy atom. The highest BCUT2D eigenvalue weighted by Gasteiger charge is 2.09. The number of ether oxygens (including phenoxy) is 1. The van der Waals surface area contributed by atoms with E-state index in [1.54, 1.807) is 13.4 Å². The first kappa shape index (κ1) is 12.4. The summed E-state index contributed by atoms with van der Waals surface area (Å²) in [6.07, 6.45) is 1.56. The van der Waals surface area contributed by atoms with Crippen molar-refractivity contribution in [2.45, 2.75) is 6.92 Å². The number of aryl methyl sites for hydroxylation is 1. The number of nitrogens with zero attached hydrogens (tertiary/aromatic N) is 3. The molecule has 0 aliphatic heterocycles. The lowest BCUT2D eigenvalue weighted by Crippen LogP contribution is -1.99. The second-order valence-electron chi connectivity index (χ2n) is 4.56. The quantitative estimate of drug-likeness (QED) is 0.729. The van der Waals surface area contributed by atoms with Crippen LogP contribution in [0.4, 0.5) is 0 Å². The predicted octanol–water partition coefficient (Wildman–Crippen LogP) is 3.25. The molecule has 0 fully saturated rings. The molecule has 4 heteroatoms. The van der Waals surface area contributed by atoms with E-state index in [0.29, 0.717) is 0 Å². The molecule has 0 amide bonds. The summed E-state index contributed by atoms with van der Waals surface area (Å²) >= 11 is 0. The molecule has 0 unspecified atom stereocenters. The third-order valence-electron chi connectivity index (χ3n) is 3.15. The van der Waals surface area contributed by atoms with Gasteiger partial charge in [0, 0.05) is 5.56 Å². The van der Waals surface area contributed by atoms with Gasteiger partial charge in [-0.2, -0.15) is 5.10 Å². The summed E-state index contributed by atoms with van der Waals surface area (Å²) in [7, 11) is 1.66. The molecule has 20 heavy (non-hydrogen) atoms. The molecule has 0 atom stereocenters. The Labute approximate surface area is 117 Å². The SMILES string of the molecule is COc1cccc(-c2ncnn2-c2ccc(C)cc2)c1. The molecule has 0 aliphatic rings. The van der Waals surface area contributed by atoms with Crippen molar-refractivity contribution in [1.29, 1.82) is 0 Å². The maximum absolute atomic E-state index is 5.26. The van der Waals surface area contributed by atoms with Crippen LogP contribution in [0.3, 0.4) is 0 Å². The van der Waals surface area contributed by atoms with Crippen LogP contribution >= 0.6 is 0 Å². The van der Waals surface area contributed by atoms with Crippen LogP contribution in [-0.2, 0) is 0 Å². The van der Waals surface area contributed by atoms with Crippen molar-refractivity contribution in [3.63, 3.8) is 0 Å². The minimum Gasteiger partial charge on any atom is -0.497 e. The van der Waals surface area contributed by atoms with Gasteiger partial charge < -0.3 is 4.74 Å². The highest BCUT2D eigenvalue weighted by molar-refractivity contribution is 5.59. The van der Waals surface area contributed by atoms with Crippen molar-refractivity contribution in [3.8, 4) is 22.8 Å². The van der Waals surface area contributed by atoms with E-state index in [9.17, 15) is 0 Å². The third-order valence-corrected chi connectivity index (χ3v) is 3.15. The van der Waals surface area contributed by atoms with Crippen LogP contribution in [-0.4, -0.2) is 21.9 Å². The molecule has 0 saturated heterocycles. The Morgan fingerprint density at radius 3 is 2.60 bits per heavy atom. The van der Waals surface area contributed by atoms with Gasteiger partial charge in [0.25, 0.3) is 0 Å². The summed E-state index contributed by atoms with van der Waals surface area (Å²) in [5.74, 6) is 1.61. The largest absolute Gasteiger partial charge is 0.497 e. The molecular weight excluding hydrogens is 250 g/mol. The zero-order chi connectivity index (χ0) is 13.9. The van der Waals surface area contributed by atoms with Crippen LogP contribution in [0.1, 0.15) is 5.56 Å². The lowest BCUT2D eigenvalue weighted by atomic mass is 10.2. The van der Waals surface area contributed by atoms with E-state index in [2.05, 4.69) is 29.1 Å². The van der Waals surface area contributed by atoms with Crippen molar-refractivity contribution >= 4 is 0 Å². The Kier molecular flexibility index (Phi) is 3.21. The second kappa shape index (κ2) is 5.17. The Morgan fingerprint density at radius 1 is 1.05 bits per heavy atom. The molecule has 0 radical (unpaired) electrons. The first-order chi connectivity index (χ1) is 9.78. The first-order valence-electron chi connectivity index (χ1n) is 6.39. The fourth-order valence-corrected chi connectivity index (χ4v) is 2.08. The summed E-state index contributed by atoms with van der Waals surface area (Å²) in [6, 6.07) is 16.0. The van der Waals surface area contributed by atoms with E-state index in [1.807, 2.05) is 41.1 Å². The van der Waals surface area contributed by atoms with Crippen molar-refractivity contribution in [2.24, 2.45) is 0 Å². The van der Waals surface area contributed by atoms with E-state index in [0.717, 1.165) is 22.8 Å². The van der Waals surface area contributed by atoms with Gasteiger partial charge in [0.15, 0.2) is 5.82 Å². The van der Waals surface area contributed by atoms with Crippen molar-refractivity contribution < 1.29 is 4.74 Å². The Hall–Kier alpha value is -2.62. The van der Waals surface area contributed by atoms with Crippen LogP contribution in [0.5, 0.6) is 5.75 Å². The van der Waals surface area contributed by atoms with Gasteiger partial charge in [-0.3, -0.25) is 0 Å². The molecular formula is C16H15N3O. The van der Waals surface area contributed by atoms with Crippen LogP contribution in [0.15, 0.2) is 54.9 Å². The van der Waals surface area contributed by atoms with Gasteiger partial charge in [-0.05, 0) is 31.2 Å². The zero-order valence-corrected chi connectivity index (χ0v) is 11.4. The highest BCUT2D eigenvalue weighted by atomic mass is 16.5. The van der Waals surface area contributed by atoms with E-state index >= 15 is 0 Å². The minimum absolute atomic E-state index is 0.799. The van der Waals surface area contributed by atoms with Gasteiger partial charge in [-0.15, -0.1) is 0 Å². The normalized spacial score (nSPS) is 10.5. The maximum atomic E-state index is 5.26. The molecule has 3 aromatic rings. The molecule has 1 aromatic heterocycles. The van der Waals surface area contributed by atoms with Gasteiger partial charge >= 0.3 is 0 Å². The summed E-state index contributed by atoms with van der Waals surface area (Å²) in [5, 5.41) is 4.31. The summed E-state index contributed by atoms with van der Waals surface area (Å²) in [5.41, 5.74) is 3.19. The summed E-state index contributed by atoms with van der Waals surface area (Å²) < 4.78 is 7.08. The smallest absolute Gasteiger partial charge is 0.163 e. The number of hydrogen-bond acceptors (Lipinski definition) is 3. The number of hydrogen-bond donors (Lipinski definition) is 0. The molecule has 0 saturated carbocycles. The van der Waals surface area contributed by atoms with Crippen LogP contribution in [0.25, 0.3) is 17.1 Å². The van der Waals surface area contributed by atoms with Crippen molar-refractivity contribution in [2.75, 3.05) is 7.11 Å². The van der Waals surface area contributed by atoms with Crippen LogP contribution in [0.2, 0.25) is 0 Å². The Bertz CT molecular complexity index is 717. The lowest BCUT2D eigenvalue weighted by Gasteiger charge is -2.07. The first-order valence-corrected chi connectivity index (χ1v) is 6.39. The molecule has 0 N–H and O–H groups in total. The molecule has 2 aromatic carbocycles. The average Bonchev–Trinajstić information content (AvgIpc) is 2.97. The number of aromatic nitrogens is 3. The molecule has 0 spiro atoms. The summed E-state index contributed by atoms with van der Waals surface area (Å²) in [4.78, 5) is 4.36. The van der Waals surface area contributed by atoms with Gasteiger partial charge in [-0.1, -0.05) is 29.8 Å². The number of methoxy groups -OCH3 is 1. The van der Waals surface area contributed by atoms with Crippen molar-refractivity contribution in [3.05, 3.63) is 60.4 Å². The van der Waals surface area contributed by atoms with Crippen LogP contribution in [0, 0.1) is 6.92 Å². The van der Waals surface area contributed by atoms with E-state index in [1.165, 1.54) is 5.56 Å². The molecule has 0 bridgehead atoms. The number of benzene rings is 2. The molecule has 3 rings (SSSR count). The number of rotatable bonds is 3. The molecule has 0 aliphatic carbocycles. The maximum Gasteiger partial charge on any atom is 0.163 e. The Balaban J connectivity index is 2.07. The fraction of sp³-hybridized carbons (Fsp3) is 0.125. The zero-order valence-electron chi connectivity index (χ0n) is 11.4. The third kappa shape index (κ3) is 2.28. The molecule has 1 heterocycles.